The molecule has 156 valence electrons. The predicted molar refractivity (Wildman–Crippen MR) is 105 cm³/mol. The Labute approximate surface area is 173 Å². The third-order valence-corrected chi connectivity index (χ3v) is 6.16. The minimum absolute atomic E-state index is 0.123. The van der Waals surface area contributed by atoms with Crippen LogP contribution in [0.15, 0.2) is 46.2 Å². The predicted octanol–water partition coefficient (Wildman–Crippen LogP) is 2.66. The van der Waals surface area contributed by atoms with E-state index < -0.39 is 11.6 Å². The highest BCUT2D eigenvalue weighted by molar-refractivity contribution is 5.71. The van der Waals surface area contributed by atoms with Crippen molar-refractivity contribution in [3.05, 3.63) is 76.2 Å². The summed E-state index contributed by atoms with van der Waals surface area (Å²) in [6.07, 6.45) is 5.81. The molecular weight excluding hydrogens is 406 g/mol. The van der Waals surface area contributed by atoms with E-state index in [2.05, 4.69) is 26.2 Å². The number of fused-ring (bicyclic) bond motifs is 2. The molecule has 10 heteroatoms. The first-order valence-corrected chi connectivity index (χ1v) is 9.84. The van der Waals surface area contributed by atoms with Gasteiger partial charge in [-0.3, -0.25) is 9.36 Å². The first kappa shape index (κ1) is 18.1. The van der Waals surface area contributed by atoms with Crippen LogP contribution in [0.5, 0.6) is 0 Å². The monoisotopic (exact) mass is 422 g/mol. The number of allylic oxidation sites excluding steroid dienone is 2. The molecule has 2 aliphatic carbocycles. The van der Waals surface area contributed by atoms with Crippen LogP contribution in [0, 0.1) is 23.5 Å². The van der Waals surface area contributed by atoms with Crippen molar-refractivity contribution in [1.29, 1.82) is 0 Å². The number of imidazole rings is 1. The third-order valence-electron chi connectivity index (χ3n) is 6.16. The summed E-state index contributed by atoms with van der Waals surface area (Å²) in [5.74, 6) is -0.0363. The van der Waals surface area contributed by atoms with E-state index in [0.717, 1.165) is 18.1 Å². The molecule has 1 fully saturated rings. The van der Waals surface area contributed by atoms with E-state index >= 15 is 0 Å². The van der Waals surface area contributed by atoms with E-state index in [9.17, 15) is 13.6 Å². The maximum atomic E-state index is 13.5. The van der Waals surface area contributed by atoms with Crippen molar-refractivity contribution >= 4 is 16.7 Å². The van der Waals surface area contributed by atoms with Gasteiger partial charge in [0.15, 0.2) is 28.6 Å². The van der Waals surface area contributed by atoms with Gasteiger partial charge in [-0.1, -0.05) is 17.3 Å². The van der Waals surface area contributed by atoms with Crippen LogP contribution in [0.2, 0.25) is 0 Å². The summed E-state index contributed by atoms with van der Waals surface area (Å²) in [4.78, 5) is 25.4. The van der Waals surface area contributed by atoms with Crippen LogP contribution in [0.25, 0.3) is 16.7 Å². The van der Waals surface area contributed by atoms with Crippen molar-refractivity contribution in [2.45, 2.75) is 18.9 Å². The molecule has 3 atom stereocenters. The lowest BCUT2D eigenvalue weighted by Gasteiger charge is -2.06. The summed E-state index contributed by atoms with van der Waals surface area (Å²) < 4.78 is 35.1. The van der Waals surface area contributed by atoms with Crippen LogP contribution in [-0.4, -0.2) is 29.2 Å². The van der Waals surface area contributed by atoms with E-state index in [4.69, 9.17) is 4.52 Å². The molecule has 1 aromatic carbocycles. The van der Waals surface area contributed by atoms with Crippen molar-refractivity contribution in [3.63, 3.8) is 0 Å². The lowest BCUT2D eigenvalue weighted by atomic mass is 10.0. The minimum atomic E-state index is -0.846. The van der Waals surface area contributed by atoms with Gasteiger partial charge >= 0.3 is 0 Å². The van der Waals surface area contributed by atoms with Gasteiger partial charge in [0.05, 0.1) is 6.33 Å². The first-order chi connectivity index (χ1) is 15.0. The zero-order valence-corrected chi connectivity index (χ0v) is 16.4. The fourth-order valence-electron chi connectivity index (χ4n) is 4.52. The average molecular weight is 422 g/mol. The van der Waals surface area contributed by atoms with Crippen LogP contribution in [-0.2, 0) is 13.6 Å². The molecule has 3 heterocycles. The highest BCUT2D eigenvalue weighted by atomic mass is 19.2. The van der Waals surface area contributed by atoms with Crippen LogP contribution in [0.3, 0.4) is 0 Å². The van der Waals surface area contributed by atoms with Crippen molar-refractivity contribution in [2.75, 3.05) is 0 Å². The van der Waals surface area contributed by atoms with Gasteiger partial charge in [0, 0.05) is 13.0 Å². The number of aryl methyl sites for hydroxylation is 1. The average Bonchev–Trinajstić information content (AvgIpc) is 3.18. The van der Waals surface area contributed by atoms with E-state index in [-0.39, 0.29) is 23.9 Å². The van der Waals surface area contributed by atoms with Crippen LogP contribution in [0.4, 0.5) is 8.78 Å². The number of hydrogen-bond acceptors (Lipinski definition) is 6. The number of benzene rings is 1. The van der Waals surface area contributed by atoms with Crippen LogP contribution >= 0.6 is 0 Å². The molecule has 1 saturated carbocycles. The summed E-state index contributed by atoms with van der Waals surface area (Å²) in [5.41, 5.74) is 2.29. The number of rotatable bonds is 4. The number of aromatic nitrogens is 6. The molecule has 2 aliphatic rings. The Bertz CT molecular complexity index is 1440. The van der Waals surface area contributed by atoms with Crippen molar-refractivity contribution in [1.82, 2.24) is 29.2 Å². The molecule has 6 rings (SSSR count). The van der Waals surface area contributed by atoms with Crippen LogP contribution < -0.4 is 5.56 Å². The Morgan fingerprint density at radius 3 is 2.81 bits per heavy atom. The van der Waals surface area contributed by atoms with Gasteiger partial charge in [-0.25, -0.2) is 18.7 Å². The van der Waals surface area contributed by atoms with Gasteiger partial charge in [-0.05, 0) is 41.5 Å². The summed E-state index contributed by atoms with van der Waals surface area (Å²) >= 11 is 0. The Morgan fingerprint density at radius 1 is 1.19 bits per heavy atom. The minimum Gasteiger partial charge on any atom is -0.337 e. The normalized spacial score (nSPS) is 22.0. The molecule has 0 N–H and O–H groups in total. The zero-order valence-electron chi connectivity index (χ0n) is 16.4. The molecule has 4 aromatic rings. The Morgan fingerprint density at radius 2 is 2.03 bits per heavy atom. The molecule has 0 spiro atoms. The van der Waals surface area contributed by atoms with Gasteiger partial charge in [-0.15, -0.1) is 0 Å². The maximum absolute atomic E-state index is 13.5. The second kappa shape index (κ2) is 6.40. The van der Waals surface area contributed by atoms with Gasteiger partial charge in [0.2, 0.25) is 5.89 Å². The zero-order chi connectivity index (χ0) is 21.3. The van der Waals surface area contributed by atoms with Gasteiger partial charge in [0.1, 0.15) is 12.9 Å². The highest BCUT2D eigenvalue weighted by Gasteiger charge is 2.55. The van der Waals surface area contributed by atoms with E-state index in [1.54, 1.807) is 24.0 Å². The molecule has 31 heavy (non-hydrogen) atoms. The largest absolute Gasteiger partial charge is 0.337 e. The number of halogens is 2. The van der Waals surface area contributed by atoms with E-state index in [0.29, 0.717) is 34.4 Å². The summed E-state index contributed by atoms with van der Waals surface area (Å²) in [6.45, 7) is 0.123. The fraction of sp³-hybridized carbons (Fsp3) is 0.286. The molecule has 8 nitrogen and oxygen atoms in total. The smallest absolute Gasteiger partial charge is 0.280 e. The van der Waals surface area contributed by atoms with Crippen molar-refractivity contribution in [3.8, 4) is 0 Å². The SMILES string of the molecule is Cn1cnc2ncn(Cc3nc([C@H]4[C@@H]5C=C(c6ccc(F)c(F)c6)C[C@@H]54)no3)c(=O)c21. The Hall–Kier alpha value is -3.69. The van der Waals surface area contributed by atoms with E-state index in [1.807, 2.05) is 0 Å². The molecule has 0 radical (unpaired) electrons. The first-order valence-electron chi connectivity index (χ1n) is 9.84. The Kier molecular flexibility index (Phi) is 3.74. The fourth-order valence-corrected chi connectivity index (χ4v) is 4.52. The van der Waals surface area contributed by atoms with Gasteiger partial charge < -0.3 is 9.09 Å². The molecule has 0 unspecified atom stereocenters. The quantitative estimate of drug-likeness (QED) is 0.502. The summed E-state index contributed by atoms with van der Waals surface area (Å²) in [7, 11) is 1.74. The molecule has 0 bridgehead atoms. The topological polar surface area (TPSA) is 91.6 Å². The highest BCUT2D eigenvalue weighted by Crippen LogP contribution is 2.62. The molecule has 0 amide bonds. The van der Waals surface area contributed by atoms with Crippen LogP contribution in [0.1, 0.15) is 29.6 Å². The second-order valence-corrected chi connectivity index (χ2v) is 8.04. The molecular formula is C21H16F2N6O2. The van der Waals surface area contributed by atoms with Crippen molar-refractivity contribution in [2.24, 2.45) is 18.9 Å². The molecule has 0 aliphatic heterocycles. The third kappa shape index (κ3) is 2.82. The second-order valence-electron chi connectivity index (χ2n) is 8.04. The van der Waals surface area contributed by atoms with Gasteiger partial charge in [0.25, 0.3) is 5.56 Å². The summed E-state index contributed by atoms with van der Waals surface area (Å²) in [6, 6.07) is 3.98. The standard InChI is InChI=1S/C21H16F2N6O2/c1-28-8-24-20-18(28)21(30)29(9-25-20)7-16-26-19(27-31-16)17-12-4-11(5-13(12)17)10-2-3-14(22)15(23)6-10/h2-4,6,8-9,12-13,17H,5,7H2,1H3/t12-,13+,17+/m1/s1. The molecule has 3 aromatic heterocycles. The van der Waals surface area contributed by atoms with E-state index in [1.165, 1.54) is 17.0 Å². The summed E-state index contributed by atoms with van der Waals surface area (Å²) in [5, 5.41) is 4.10. The number of hydrogen-bond donors (Lipinski definition) is 0. The lowest BCUT2D eigenvalue weighted by Crippen LogP contribution is -2.22. The van der Waals surface area contributed by atoms with Crippen molar-refractivity contribution < 1.29 is 13.3 Å². The van der Waals surface area contributed by atoms with Gasteiger partial charge in [-0.2, -0.15) is 4.98 Å². The Balaban J connectivity index is 1.20. The maximum Gasteiger partial charge on any atom is 0.280 e. The lowest BCUT2D eigenvalue weighted by molar-refractivity contribution is 0.364. The number of nitrogens with zero attached hydrogens (tertiary/aromatic N) is 6. The molecule has 0 saturated heterocycles.